The van der Waals surface area contributed by atoms with E-state index in [4.69, 9.17) is 4.74 Å². The zero-order valence-corrected chi connectivity index (χ0v) is 27.4. The molecule has 0 bridgehead atoms. The number of ether oxygens (including phenoxy) is 1. The lowest BCUT2D eigenvalue weighted by Gasteiger charge is -2.27. The van der Waals surface area contributed by atoms with E-state index in [1.165, 1.54) is 6.33 Å². The van der Waals surface area contributed by atoms with Gasteiger partial charge in [0, 0.05) is 23.8 Å². The van der Waals surface area contributed by atoms with Crippen LogP contribution in [-0.4, -0.2) is 43.9 Å². The lowest BCUT2D eigenvalue weighted by molar-refractivity contribution is 0.256. The lowest BCUT2D eigenvalue weighted by Crippen LogP contribution is -2.40. The van der Waals surface area contributed by atoms with Crippen LogP contribution in [0.3, 0.4) is 0 Å². The highest BCUT2D eigenvalue weighted by Crippen LogP contribution is 2.38. The summed E-state index contributed by atoms with van der Waals surface area (Å²) in [6, 6.07) is 17.4. The van der Waals surface area contributed by atoms with Gasteiger partial charge in [-0.25, -0.2) is 19.4 Å². The number of carbonyl (C=O) groups excluding carboxylic acids is 1. The Bertz CT molecular complexity index is 1820. The van der Waals surface area contributed by atoms with E-state index in [2.05, 4.69) is 85.1 Å². The Morgan fingerprint density at radius 3 is 2.41 bits per heavy atom. The Hall–Kier alpha value is -4.99. The Labute approximate surface area is 269 Å². The van der Waals surface area contributed by atoms with Crippen molar-refractivity contribution in [3.05, 3.63) is 94.9 Å². The number of hydrogen-bond acceptors (Lipinski definition) is 6. The SMILES string of the molecule is CC(C)CCN(C(=O)Nc1c(C(C)C)cc(-c2cccc(OCCn3cncn3)c2)cc1C(C)C)c1cc2cccnc2[nH]c1=O. The van der Waals surface area contributed by atoms with Gasteiger partial charge in [-0.2, -0.15) is 5.10 Å². The van der Waals surface area contributed by atoms with E-state index in [9.17, 15) is 9.59 Å². The van der Waals surface area contributed by atoms with Crippen LogP contribution in [0.1, 0.15) is 70.9 Å². The first-order valence-corrected chi connectivity index (χ1v) is 15.9. The van der Waals surface area contributed by atoms with E-state index in [1.54, 1.807) is 28.2 Å². The van der Waals surface area contributed by atoms with Crippen LogP contribution in [0.2, 0.25) is 0 Å². The summed E-state index contributed by atoms with van der Waals surface area (Å²) in [6.45, 7) is 14.2. The smallest absolute Gasteiger partial charge is 0.326 e. The molecule has 0 saturated heterocycles. The number of urea groups is 1. The van der Waals surface area contributed by atoms with E-state index >= 15 is 0 Å². The van der Waals surface area contributed by atoms with Gasteiger partial charge in [0.15, 0.2) is 0 Å². The quantitative estimate of drug-likeness (QED) is 0.148. The maximum Gasteiger partial charge on any atom is 0.326 e. The second-order valence-corrected chi connectivity index (χ2v) is 12.6. The summed E-state index contributed by atoms with van der Waals surface area (Å²) in [4.78, 5) is 40.1. The number of rotatable bonds is 12. The molecule has 2 N–H and O–H groups in total. The first kappa shape index (κ1) is 32.4. The van der Waals surface area contributed by atoms with E-state index in [1.807, 2.05) is 30.3 Å². The van der Waals surface area contributed by atoms with Crippen LogP contribution < -0.4 is 20.5 Å². The number of anilines is 2. The first-order chi connectivity index (χ1) is 22.1. The van der Waals surface area contributed by atoms with Gasteiger partial charge in [-0.3, -0.25) is 9.69 Å². The van der Waals surface area contributed by atoms with Crippen LogP contribution in [-0.2, 0) is 6.54 Å². The molecule has 0 saturated carbocycles. The summed E-state index contributed by atoms with van der Waals surface area (Å²) < 4.78 is 7.77. The first-order valence-electron chi connectivity index (χ1n) is 15.9. The van der Waals surface area contributed by atoms with Crippen molar-refractivity contribution in [2.75, 3.05) is 23.4 Å². The van der Waals surface area contributed by atoms with Gasteiger partial charge >= 0.3 is 6.03 Å². The molecule has 0 aliphatic rings. The third-order valence-corrected chi connectivity index (χ3v) is 7.96. The monoisotopic (exact) mass is 621 g/mol. The van der Waals surface area contributed by atoms with Crippen LogP contribution in [0, 0.1) is 5.92 Å². The molecule has 0 aliphatic heterocycles. The minimum absolute atomic E-state index is 0.120. The van der Waals surface area contributed by atoms with Gasteiger partial charge in [0.05, 0.1) is 6.54 Å². The van der Waals surface area contributed by atoms with Crippen molar-refractivity contribution in [3.8, 4) is 16.9 Å². The topological polar surface area (TPSA) is 118 Å². The normalized spacial score (nSPS) is 11.5. The van der Waals surface area contributed by atoms with Crippen molar-refractivity contribution in [2.24, 2.45) is 5.92 Å². The Balaban J connectivity index is 1.48. The van der Waals surface area contributed by atoms with E-state index in [-0.39, 0.29) is 23.4 Å². The molecule has 3 aromatic heterocycles. The van der Waals surface area contributed by atoms with Gasteiger partial charge < -0.3 is 15.0 Å². The number of H-pyrrole nitrogens is 1. The van der Waals surface area contributed by atoms with E-state index in [0.717, 1.165) is 45.5 Å². The summed E-state index contributed by atoms with van der Waals surface area (Å²) in [5, 5.41) is 8.14. The predicted molar refractivity (Wildman–Crippen MR) is 184 cm³/mol. The molecule has 5 rings (SSSR count). The van der Waals surface area contributed by atoms with Crippen LogP contribution in [0.25, 0.3) is 22.2 Å². The molecule has 3 heterocycles. The molecule has 0 unspecified atom stereocenters. The average Bonchev–Trinajstić information content (AvgIpc) is 3.55. The number of carbonyl (C=O) groups is 1. The standard InChI is InChI=1S/C36H43N7O3/c1-23(2)12-14-43(32-20-27-10-8-13-38-34(27)41-35(32)44)36(45)40-33-30(24(3)4)18-28(19-31(33)25(5)6)26-9-7-11-29(17-26)46-16-15-42-22-37-21-39-42/h7-11,13,17-25H,12,14-16H2,1-6H3,(H,40,45)(H,38,41,44). The summed E-state index contributed by atoms with van der Waals surface area (Å²) in [7, 11) is 0. The molecule has 0 radical (unpaired) electrons. The number of aromatic amines is 1. The number of benzene rings is 2. The van der Waals surface area contributed by atoms with Crippen LogP contribution >= 0.6 is 0 Å². The van der Waals surface area contributed by atoms with Gasteiger partial charge in [-0.15, -0.1) is 0 Å². The van der Waals surface area contributed by atoms with Gasteiger partial charge in [0.25, 0.3) is 5.56 Å². The number of aromatic nitrogens is 5. The molecule has 0 spiro atoms. The van der Waals surface area contributed by atoms with Crippen molar-refractivity contribution >= 4 is 28.4 Å². The minimum atomic E-state index is -0.350. The fourth-order valence-electron chi connectivity index (χ4n) is 5.40. The van der Waals surface area contributed by atoms with Gasteiger partial charge in [-0.05, 0) is 88.9 Å². The highest BCUT2D eigenvalue weighted by molar-refractivity contribution is 6.03. The average molecular weight is 622 g/mol. The molecule has 2 amide bonds. The number of hydrogen-bond donors (Lipinski definition) is 2. The summed E-state index contributed by atoms with van der Waals surface area (Å²) >= 11 is 0. The zero-order valence-electron chi connectivity index (χ0n) is 27.4. The molecule has 240 valence electrons. The van der Waals surface area contributed by atoms with Crippen LogP contribution in [0.15, 0.2) is 78.2 Å². The van der Waals surface area contributed by atoms with Gasteiger partial charge in [-0.1, -0.05) is 53.7 Å². The maximum absolute atomic E-state index is 14.2. The molecule has 0 fully saturated rings. The Morgan fingerprint density at radius 1 is 0.978 bits per heavy atom. The maximum atomic E-state index is 14.2. The second kappa shape index (κ2) is 14.4. The molecule has 0 atom stereocenters. The van der Waals surface area contributed by atoms with Crippen molar-refractivity contribution in [1.82, 2.24) is 24.7 Å². The van der Waals surface area contributed by atoms with Crippen molar-refractivity contribution in [1.29, 1.82) is 0 Å². The highest BCUT2D eigenvalue weighted by Gasteiger charge is 2.24. The zero-order chi connectivity index (χ0) is 32.8. The molecule has 10 heteroatoms. The number of nitrogens with zero attached hydrogens (tertiary/aromatic N) is 5. The van der Waals surface area contributed by atoms with Gasteiger partial charge in [0.1, 0.15) is 36.3 Å². The summed E-state index contributed by atoms with van der Waals surface area (Å²) in [5.74, 6) is 1.35. The Kier molecular flexibility index (Phi) is 10.1. The van der Waals surface area contributed by atoms with E-state index in [0.29, 0.717) is 36.9 Å². The minimum Gasteiger partial charge on any atom is -0.492 e. The number of fused-ring (bicyclic) bond motifs is 1. The molecule has 2 aromatic carbocycles. The summed E-state index contributed by atoms with van der Waals surface area (Å²) in [6.07, 6.45) is 5.55. The third-order valence-electron chi connectivity index (χ3n) is 7.96. The van der Waals surface area contributed by atoms with Crippen molar-refractivity contribution in [2.45, 2.75) is 66.3 Å². The number of pyridine rings is 2. The third kappa shape index (κ3) is 7.62. The van der Waals surface area contributed by atoms with Crippen LogP contribution in [0.5, 0.6) is 5.75 Å². The van der Waals surface area contributed by atoms with Crippen molar-refractivity contribution < 1.29 is 9.53 Å². The number of nitrogens with one attached hydrogen (secondary N) is 2. The molecular formula is C36H43N7O3. The fraction of sp³-hybridized carbons (Fsp3) is 0.361. The highest BCUT2D eigenvalue weighted by atomic mass is 16.5. The van der Waals surface area contributed by atoms with Crippen LogP contribution in [0.4, 0.5) is 16.2 Å². The molecule has 46 heavy (non-hydrogen) atoms. The van der Waals surface area contributed by atoms with Gasteiger partial charge in [0.2, 0.25) is 0 Å². The van der Waals surface area contributed by atoms with E-state index < -0.39 is 0 Å². The predicted octanol–water partition coefficient (Wildman–Crippen LogP) is 7.59. The largest absolute Gasteiger partial charge is 0.492 e. The lowest BCUT2D eigenvalue weighted by atomic mass is 9.88. The number of amides is 2. The Morgan fingerprint density at radius 2 is 1.74 bits per heavy atom. The fourth-order valence-corrected chi connectivity index (χ4v) is 5.40. The molecule has 10 nitrogen and oxygen atoms in total. The van der Waals surface area contributed by atoms with Crippen molar-refractivity contribution in [3.63, 3.8) is 0 Å². The molecule has 5 aromatic rings. The molecular weight excluding hydrogens is 578 g/mol. The molecule has 0 aliphatic carbocycles. The second-order valence-electron chi connectivity index (χ2n) is 12.6. The summed E-state index contributed by atoms with van der Waals surface area (Å²) in [5.41, 5.74) is 5.33.